The highest BCUT2D eigenvalue weighted by molar-refractivity contribution is 7.91. The molecule has 116 valence electrons. The molecule has 0 unspecified atom stereocenters. The summed E-state index contributed by atoms with van der Waals surface area (Å²) in [6.45, 7) is 2.53. The molecule has 5 nitrogen and oxygen atoms in total. The van der Waals surface area contributed by atoms with Crippen molar-refractivity contribution in [2.24, 2.45) is 0 Å². The third-order valence-electron chi connectivity index (χ3n) is 3.74. The van der Waals surface area contributed by atoms with E-state index in [1.54, 1.807) is 11.9 Å². The van der Waals surface area contributed by atoms with Crippen molar-refractivity contribution < 1.29 is 17.9 Å². The van der Waals surface area contributed by atoms with Crippen molar-refractivity contribution in [3.05, 3.63) is 29.8 Å². The fourth-order valence-electron chi connectivity index (χ4n) is 2.45. The summed E-state index contributed by atoms with van der Waals surface area (Å²) in [6, 6.07) is 7.22. The minimum absolute atomic E-state index is 0.0544. The number of carbonyl (C=O) groups is 1. The Morgan fingerprint density at radius 3 is 2.52 bits per heavy atom. The lowest BCUT2D eigenvalue weighted by molar-refractivity contribution is -0.130. The molecular weight excluding hydrogens is 290 g/mol. The molecule has 0 aliphatic carbocycles. The molecule has 1 aliphatic rings. The molecule has 0 saturated carbocycles. The first-order valence-corrected chi connectivity index (χ1v) is 8.91. The van der Waals surface area contributed by atoms with Crippen LogP contribution in [0.3, 0.4) is 0 Å². The number of carbonyl (C=O) groups excluding carboxylic acids is 1. The number of nitrogens with zero attached hydrogens (tertiary/aromatic N) is 1. The van der Waals surface area contributed by atoms with E-state index in [9.17, 15) is 13.2 Å². The van der Waals surface area contributed by atoms with E-state index in [4.69, 9.17) is 4.74 Å². The summed E-state index contributed by atoms with van der Waals surface area (Å²) < 4.78 is 28.3. The Hall–Kier alpha value is -1.56. The smallest absolute Gasteiger partial charge is 0.227 e. The van der Waals surface area contributed by atoms with E-state index in [0.717, 1.165) is 11.3 Å². The summed E-state index contributed by atoms with van der Waals surface area (Å²) in [7, 11) is -1.29. The van der Waals surface area contributed by atoms with Gasteiger partial charge in [0.15, 0.2) is 9.84 Å². The Bertz CT molecular complexity index is 595. The van der Waals surface area contributed by atoms with Crippen molar-refractivity contribution in [2.75, 3.05) is 25.2 Å². The molecule has 1 fully saturated rings. The van der Waals surface area contributed by atoms with Crippen molar-refractivity contribution in [2.45, 2.75) is 25.8 Å². The van der Waals surface area contributed by atoms with Gasteiger partial charge in [-0.25, -0.2) is 8.42 Å². The van der Waals surface area contributed by atoms with Gasteiger partial charge in [0, 0.05) is 13.1 Å². The number of rotatable bonds is 5. The number of hydrogen-bond acceptors (Lipinski definition) is 4. The monoisotopic (exact) mass is 311 g/mol. The summed E-state index contributed by atoms with van der Waals surface area (Å²) in [5.41, 5.74) is 0.899. The summed E-state index contributed by atoms with van der Waals surface area (Å²) >= 11 is 0. The van der Waals surface area contributed by atoms with Crippen LogP contribution < -0.4 is 4.74 Å². The van der Waals surface area contributed by atoms with E-state index in [-0.39, 0.29) is 29.9 Å². The molecule has 1 amide bonds. The van der Waals surface area contributed by atoms with Crippen LogP contribution in [-0.4, -0.2) is 50.4 Å². The van der Waals surface area contributed by atoms with Crippen molar-refractivity contribution in [1.29, 1.82) is 0 Å². The molecule has 1 aromatic rings. The lowest BCUT2D eigenvalue weighted by Crippen LogP contribution is -2.38. The predicted molar refractivity (Wildman–Crippen MR) is 81.1 cm³/mol. The SMILES string of the molecule is CCOc1ccc(CC(=O)N(C)[C@H]2CCS(=O)(=O)C2)cc1. The fourth-order valence-corrected chi connectivity index (χ4v) is 4.23. The molecule has 0 radical (unpaired) electrons. The van der Waals surface area contributed by atoms with E-state index in [2.05, 4.69) is 0 Å². The third kappa shape index (κ3) is 4.20. The van der Waals surface area contributed by atoms with Crippen molar-refractivity contribution >= 4 is 15.7 Å². The third-order valence-corrected chi connectivity index (χ3v) is 5.49. The normalized spacial score (nSPS) is 20.2. The van der Waals surface area contributed by atoms with E-state index < -0.39 is 9.84 Å². The van der Waals surface area contributed by atoms with Crippen LogP contribution in [-0.2, 0) is 21.1 Å². The van der Waals surface area contributed by atoms with Crippen molar-refractivity contribution in [3.63, 3.8) is 0 Å². The maximum absolute atomic E-state index is 12.2. The number of likely N-dealkylation sites (N-methyl/N-ethyl adjacent to an activating group) is 1. The van der Waals surface area contributed by atoms with Crippen LogP contribution in [0, 0.1) is 0 Å². The minimum Gasteiger partial charge on any atom is -0.494 e. The predicted octanol–water partition coefficient (Wildman–Crippen LogP) is 1.27. The summed E-state index contributed by atoms with van der Waals surface area (Å²) in [5, 5.41) is 0. The lowest BCUT2D eigenvalue weighted by Gasteiger charge is -2.23. The zero-order valence-corrected chi connectivity index (χ0v) is 13.2. The first kappa shape index (κ1) is 15.8. The molecule has 6 heteroatoms. The highest BCUT2D eigenvalue weighted by atomic mass is 32.2. The van der Waals surface area contributed by atoms with Gasteiger partial charge < -0.3 is 9.64 Å². The van der Waals surface area contributed by atoms with E-state index in [1.165, 1.54) is 0 Å². The molecular formula is C15H21NO4S. The van der Waals surface area contributed by atoms with Gasteiger partial charge in [0.2, 0.25) is 5.91 Å². The van der Waals surface area contributed by atoms with Gasteiger partial charge in [-0.1, -0.05) is 12.1 Å². The van der Waals surface area contributed by atoms with Crippen LogP contribution in [0.1, 0.15) is 18.9 Å². The van der Waals surface area contributed by atoms with Gasteiger partial charge >= 0.3 is 0 Å². The molecule has 0 spiro atoms. The van der Waals surface area contributed by atoms with Crippen molar-refractivity contribution in [3.8, 4) is 5.75 Å². The second kappa shape index (κ2) is 6.47. The second-order valence-electron chi connectivity index (χ2n) is 5.32. The van der Waals surface area contributed by atoms with Gasteiger partial charge in [-0.2, -0.15) is 0 Å². The molecule has 21 heavy (non-hydrogen) atoms. The molecule has 0 bridgehead atoms. The molecule has 1 atom stereocenters. The Morgan fingerprint density at radius 2 is 2.00 bits per heavy atom. The summed E-state index contributed by atoms with van der Waals surface area (Å²) in [4.78, 5) is 13.8. The fraction of sp³-hybridized carbons (Fsp3) is 0.533. The van der Waals surface area contributed by atoms with Gasteiger partial charge in [0.25, 0.3) is 0 Å². The highest BCUT2D eigenvalue weighted by Gasteiger charge is 2.32. The van der Waals surface area contributed by atoms with Gasteiger partial charge in [-0.3, -0.25) is 4.79 Å². The number of hydrogen-bond donors (Lipinski definition) is 0. The van der Waals surface area contributed by atoms with E-state index in [1.807, 2.05) is 31.2 Å². The van der Waals surface area contributed by atoms with Gasteiger partial charge in [-0.15, -0.1) is 0 Å². The molecule has 2 rings (SSSR count). The summed E-state index contributed by atoms with van der Waals surface area (Å²) in [6.07, 6.45) is 0.813. The standard InChI is InChI=1S/C15H21NO4S/c1-3-20-14-6-4-12(5-7-14)10-15(17)16(2)13-8-9-21(18,19)11-13/h4-7,13H,3,8-11H2,1-2H3/t13-/m0/s1. The van der Waals surface area contributed by atoms with Crippen LogP contribution in [0.4, 0.5) is 0 Å². The van der Waals surface area contributed by atoms with Gasteiger partial charge in [-0.05, 0) is 31.0 Å². The van der Waals surface area contributed by atoms with E-state index in [0.29, 0.717) is 13.0 Å². The Morgan fingerprint density at radius 1 is 1.33 bits per heavy atom. The highest BCUT2D eigenvalue weighted by Crippen LogP contribution is 2.18. The lowest BCUT2D eigenvalue weighted by atomic mass is 10.1. The Balaban J connectivity index is 1.94. The topological polar surface area (TPSA) is 63.7 Å². The number of ether oxygens (including phenoxy) is 1. The van der Waals surface area contributed by atoms with Crippen LogP contribution >= 0.6 is 0 Å². The second-order valence-corrected chi connectivity index (χ2v) is 7.54. The largest absolute Gasteiger partial charge is 0.494 e. The zero-order chi connectivity index (χ0) is 15.5. The van der Waals surface area contributed by atoms with Gasteiger partial charge in [0.05, 0.1) is 24.5 Å². The maximum atomic E-state index is 12.2. The number of sulfone groups is 1. The molecule has 1 heterocycles. The number of amides is 1. The molecule has 1 saturated heterocycles. The molecule has 0 aromatic heterocycles. The molecule has 1 aromatic carbocycles. The summed E-state index contributed by atoms with van der Waals surface area (Å²) in [5.74, 6) is 0.988. The average molecular weight is 311 g/mol. The number of benzene rings is 1. The molecule has 1 aliphatic heterocycles. The molecule has 0 N–H and O–H groups in total. The first-order chi connectivity index (χ1) is 9.91. The van der Waals surface area contributed by atoms with Gasteiger partial charge in [0.1, 0.15) is 5.75 Å². The maximum Gasteiger partial charge on any atom is 0.227 e. The van der Waals surface area contributed by atoms with Crippen LogP contribution in [0.25, 0.3) is 0 Å². The zero-order valence-electron chi connectivity index (χ0n) is 12.4. The Labute approximate surface area is 125 Å². The van der Waals surface area contributed by atoms with Crippen LogP contribution in [0.2, 0.25) is 0 Å². The van der Waals surface area contributed by atoms with Crippen LogP contribution in [0.15, 0.2) is 24.3 Å². The van der Waals surface area contributed by atoms with Crippen LogP contribution in [0.5, 0.6) is 5.75 Å². The minimum atomic E-state index is -2.97. The first-order valence-electron chi connectivity index (χ1n) is 7.09. The van der Waals surface area contributed by atoms with Crippen molar-refractivity contribution in [1.82, 2.24) is 4.90 Å². The quantitative estimate of drug-likeness (QED) is 0.821. The van der Waals surface area contributed by atoms with E-state index >= 15 is 0 Å². The average Bonchev–Trinajstić information content (AvgIpc) is 2.80. The Kier molecular flexibility index (Phi) is 4.88.